The first kappa shape index (κ1) is 18.4. The Hall–Kier alpha value is -2.96. The Morgan fingerprint density at radius 2 is 1.96 bits per heavy atom. The molecule has 0 atom stereocenters. The fourth-order valence-electron chi connectivity index (χ4n) is 3.88. The number of amides is 1. The molecule has 0 spiro atoms. The zero-order chi connectivity index (χ0) is 19.2. The molecule has 3 aromatic rings. The highest BCUT2D eigenvalue weighted by Crippen LogP contribution is 2.27. The van der Waals surface area contributed by atoms with E-state index in [2.05, 4.69) is 50.1 Å². The quantitative estimate of drug-likeness (QED) is 0.634. The van der Waals surface area contributed by atoms with Crippen molar-refractivity contribution >= 4 is 5.91 Å². The molecule has 1 aliphatic heterocycles. The molecule has 1 aliphatic rings. The third-order valence-corrected chi connectivity index (χ3v) is 5.40. The number of hydrogen-bond acceptors (Lipinski definition) is 4. The topological polar surface area (TPSA) is 68.8 Å². The molecule has 4 rings (SSSR count). The fraction of sp³-hybridized carbons (Fsp3) is 0.429. The Balaban J connectivity index is 1.27. The highest BCUT2D eigenvalue weighted by Gasteiger charge is 2.26. The second-order valence-corrected chi connectivity index (χ2v) is 7.32. The molecule has 1 saturated heterocycles. The Bertz CT molecular complexity index is 865. The monoisotopic (exact) mass is 378 g/mol. The van der Waals surface area contributed by atoms with Crippen LogP contribution < -0.4 is 0 Å². The number of benzene rings is 1. The molecule has 2 aromatic heterocycles. The molecular formula is C21H26N6O. The number of piperidine rings is 1. The minimum Gasteiger partial charge on any atom is -0.343 e. The van der Waals surface area contributed by atoms with Crippen LogP contribution in [-0.4, -0.2) is 48.2 Å². The van der Waals surface area contributed by atoms with Crippen molar-refractivity contribution in [3.05, 3.63) is 66.8 Å². The maximum absolute atomic E-state index is 12.5. The Morgan fingerprint density at radius 1 is 1.14 bits per heavy atom. The van der Waals surface area contributed by atoms with Crippen LogP contribution in [0.4, 0.5) is 0 Å². The number of carbonyl (C=O) groups is 1. The van der Waals surface area contributed by atoms with Gasteiger partial charge in [0, 0.05) is 50.9 Å². The lowest BCUT2D eigenvalue weighted by atomic mass is 9.95. The van der Waals surface area contributed by atoms with Gasteiger partial charge in [-0.15, -0.1) is 0 Å². The van der Waals surface area contributed by atoms with E-state index in [1.165, 1.54) is 11.9 Å². The minimum absolute atomic E-state index is 0.242. The number of carbonyl (C=O) groups excluding carboxylic acids is 1. The molecule has 0 unspecified atom stereocenters. The summed E-state index contributed by atoms with van der Waals surface area (Å²) in [7, 11) is 0. The second-order valence-electron chi connectivity index (χ2n) is 7.32. The van der Waals surface area contributed by atoms with Crippen LogP contribution in [0.1, 0.15) is 43.0 Å². The summed E-state index contributed by atoms with van der Waals surface area (Å²) in [5.41, 5.74) is 1.28. The van der Waals surface area contributed by atoms with Crippen molar-refractivity contribution in [2.24, 2.45) is 0 Å². The predicted molar refractivity (Wildman–Crippen MR) is 106 cm³/mol. The van der Waals surface area contributed by atoms with Crippen LogP contribution >= 0.6 is 0 Å². The van der Waals surface area contributed by atoms with Gasteiger partial charge in [-0.25, -0.2) is 9.97 Å². The fourth-order valence-corrected chi connectivity index (χ4v) is 3.88. The van der Waals surface area contributed by atoms with Crippen molar-refractivity contribution in [1.82, 2.24) is 29.2 Å². The lowest BCUT2D eigenvalue weighted by Crippen LogP contribution is -2.38. The number of aromatic nitrogens is 5. The molecule has 0 bridgehead atoms. The van der Waals surface area contributed by atoms with E-state index >= 15 is 0 Å². The lowest BCUT2D eigenvalue weighted by Gasteiger charge is -2.32. The van der Waals surface area contributed by atoms with E-state index < -0.39 is 0 Å². The SMILES string of the molecule is O=C(CCCn1cncn1)N1CCC(c2nccn2Cc2ccccc2)CC1. The van der Waals surface area contributed by atoms with Crippen molar-refractivity contribution in [3.63, 3.8) is 0 Å². The molecule has 7 nitrogen and oxygen atoms in total. The summed E-state index contributed by atoms with van der Waals surface area (Å²) in [4.78, 5) is 23.0. The summed E-state index contributed by atoms with van der Waals surface area (Å²) in [6.45, 7) is 3.20. The Labute approximate surface area is 165 Å². The standard InChI is InChI=1S/C21H26N6O/c28-20(7-4-11-27-17-22-16-24-27)25-12-8-19(9-13-25)21-23-10-14-26(21)15-18-5-2-1-3-6-18/h1-3,5-6,10,14,16-17,19H,4,7-9,11-13,15H2. The molecule has 0 radical (unpaired) electrons. The average molecular weight is 378 g/mol. The van der Waals surface area contributed by atoms with Crippen LogP contribution in [0.15, 0.2) is 55.4 Å². The van der Waals surface area contributed by atoms with E-state index in [1.807, 2.05) is 17.2 Å². The van der Waals surface area contributed by atoms with Gasteiger partial charge < -0.3 is 9.47 Å². The smallest absolute Gasteiger partial charge is 0.222 e. The van der Waals surface area contributed by atoms with Crippen molar-refractivity contribution in [1.29, 1.82) is 0 Å². The van der Waals surface area contributed by atoms with Gasteiger partial charge in [0.05, 0.1) is 0 Å². The van der Waals surface area contributed by atoms with E-state index in [0.717, 1.165) is 51.3 Å². The van der Waals surface area contributed by atoms with Crippen LogP contribution in [-0.2, 0) is 17.9 Å². The summed E-state index contributed by atoms with van der Waals surface area (Å²) in [6.07, 6.45) is 10.5. The molecular weight excluding hydrogens is 352 g/mol. The van der Waals surface area contributed by atoms with E-state index in [0.29, 0.717) is 12.3 Å². The predicted octanol–water partition coefficient (Wildman–Crippen LogP) is 2.71. The van der Waals surface area contributed by atoms with Crippen LogP contribution in [0.3, 0.4) is 0 Å². The summed E-state index contributed by atoms with van der Waals surface area (Å²) in [5.74, 6) is 1.80. The van der Waals surface area contributed by atoms with Gasteiger partial charge in [-0.2, -0.15) is 5.10 Å². The van der Waals surface area contributed by atoms with Gasteiger partial charge in [-0.3, -0.25) is 9.48 Å². The van der Waals surface area contributed by atoms with Gasteiger partial charge >= 0.3 is 0 Å². The summed E-state index contributed by atoms with van der Waals surface area (Å²) < 4.78 is 4.02. The third kappa shape index (κ3) is 4.47. The Morgan fingerprint density at radius 3 is 2.71 bits per heavy atom. The van der Waals surface area contributed by atoms with Gasteiger partial charge in [0.2, 0.25) is 5.91 Å². The normalized spacial score (nSPS) is 15.1. The Kier molecular flexibility index (Phi) is 5.80. The van der Waals surface area contributed by atoms with Crippen LogP contribution in [0.5, 0.6) is 0 Å². The lowest BCUT2D eigenvalue weighted by molar-refractivity contribution is -0.132. The summed E-state index contributed by atoms with van der Waals surface area (Å²) >= 11 is 0. The van der Waals surface area contributed by atoms with Crippen molar-refractivity contribution in [2.75, 3.05) is 13.1 Å². The molecule has 0 saturated carbocycles. The van der Waals surface area contributed by atoms with Crippen LogP contribution in [0, 0.1) is 0 Å². The van der Waals surface area contributed by atoms with Crippen LogP contribution in [0.25, 0.3) is 0 Å². The molecule has 0 N–H and O–H groups in total. The number of hydrogen-bond donors (Lipinski definition) is 0. The number of rotatable bonds is 7. The largest absolute Gasteiger partial charge is 0.343 e. The van der Waals surface area contributed by atoms with Gasteiger partial charge in [-0.1, -0.05) is 30.3 Å². The molecule has 7 heteroatoms. The number of aryl methyl sites for hydroxylation is 1. The van der Waals surface area contributed by atoms with E-state index in [-0.39, 0.29) is 5.91 Å². The van der Waals surface area contributed by atoms with Gasteiger partial charge in [-0.05, 0) is 24.8 Å². The van der Waals surface area contributed by atoms with Crippen LogP contribution in [0.2, 0.25) is 0 Å². The number of nitrogens with zero attached hydrogens (tertiary/aromatic N) is 6. The maximum atomic E-state index is 12.5. The zero-order valence-electron chi connectivity index (χ0n) is 16.0. The first-order chi connectivity index (χ1) is 13.8. The zero-order valence-corrected chi connectivity index (χ0v) is 16.0. The number of imidazole rings is 1. The molecule has 146 valence electrons. The van der Waals surface area contributed by atoms with Crippen molar-refractivity contribution in [3.8, 4) is 0 Å². The summed E-state index contributed by atoms with van der Waals surface area (Å²) in [5, 5.41) is 4.07. The second kappa shape index (κ2) is 8.82. The molecule has 1 amide bonds. The summed E-state index contributed by atoms with van der Waals surface area (Å²) in [6, 6.07) is 10.5. The van der Waals surface area contributed by atoms with Gasteiger partial charge in [0.25, 0.3) is 0 Å². The molecule has 28 heavy (non-hydrogen) atoms. The molecule has 3 heterocycles. The van der Waals surface area contributed by atoms with Crippen molar-refractivity contribution in [2.45, 2.75) is 44.7 Å². The van der Waals surface area contributed by atoms with Gasteiger partial charge in [0.1, 0.15) is 18.5 Å². The highest BCUT2D eigenvalue weighted by molar-refractivity contribution is 5.76. The van der Waals surface area contributed by atoms with Gasteiger partial charge in [0.15, 0.2) is 0 Å². The molecule has 1 fully saturated rings. The number of likely N-dealkylation sites (tertiary alicyclic amines) is 1. The first-order valence-electron chi connectivity index (χ1n) is 9.95. The molecule has 1 aromatic carbocycles. The van der Waals surface area contributed by atoms with E-state index in [9.17, 15) is 4.79 Å². The van der Waals surface area contributed by atoms with Crippen molar-refractivity contribution < 1.29 is 4.79 Å². The first-order valence-corrected chi connectivity index (χ1v) is 9.95. The average Bonchev–Trinajstić information content (AvgIpc) is 3.41. The minimum atomic E-state index is 0.242. The van der Waals surface area contributed by atoms with E-state index in [1.54, 1.807) is 11.0 Å². The highest BCUT2D eigenvalue weighted by atomic mass is 16.2. The third-order valence-electron chi connectivity index (χ3n) is 5.40. The molecule has 0 aliphatic carbocycles. The maximum Gasteiger partial charge on any atom is 0.222 e. The van der Waals surface area contributed by atoms with E-state index in [4.69, 9.17) is 0 Å².